The molecular weight excluding hydrogens is 452 g/mol. The van der Waals surface area contributed by atoms with Crippen LogP contribution < -0.4 is 0 Å². The van der Waals surface area contributed by atoms with Crippen molar-refractivity contribution in [1.29, 1.82) is 0 Å². The standard InChI is InChI=1S/C26H30N2O3S2/c1-28-14-10-19(11-15-28)31-23(24-27-21-8-3-4-9-22(21)33-24)18-6-5-7-20(16-18)32-17-26(12-13-26)25(29)30-2/h3-9,16,19,23H,10-15,17H2,1-2H3. The maximum atomic E-state index is 12.1. The quantitative estimate of drug-likeness (QED) is 0.310. The molecular formula is C26H30N2O3S2. The predicted molar refractivity (Wildman–Crippen MR) is 134 cm³/mol. The fraction of sp³-hybridized carbons (Fsp3) is 0.462. The summed E-state index contributed by atoms with van der Waals surface area (Å²) in [5.41, 5.74) is 1.85. The highest BCUT2D eigenvalue weighted by molar-refractivity contribution is 7.99. The molecule has 5 rings (SSSR count). The number of fused-ring (bicyclic) bond motifs is 1. The van der Waals surface area contributed by atoms with Crippen LogP contribution in [0, 0.1) is 5.41 Å². The van der Waals surface area contributed by atoms with Crippen LogP contribution in [-0.4, -0.2) is 55.0 Å². The van der Waals surface area contributed by atoms with Crippen molar-refractivity contribution in [1.82, 2.24) is 9.88 Å². The number of para-hydroxylation sites is 1. The molecule has 1 saturated heterocycles. The lowest BCUT2D eigenvalue weighted by atomic mass is 10.1. The number of carbonyl (C=O) groups excluding carboxylic acids is 1. The largest absolute Gasteiger partial charge is 0.469 e. The predicted octanol–water partition coefficient (Wildman–Crippen LogP) is 5.54. The number of thioether (sulfide) groups is 1. The molecule has 7 heteroatoms. The summed E-state index contributed by atoms with van der Waals surface area (Å²) in [6.45, 7) is 2.12. The van der Waals surface area contributed by atoms with Crippen LogP contribution in [0.5, 0.6) is 0 Å². The van der Waals surface area contributed by atoms with Crippen molar-refractivity contribution >= 4 is 39.3 Å². The third-order valence-electron chi connectivity index (χ3n) is 6.68. The number of nitrogens with zero attached hydrogens (tertiary/aromatic N) is 2. The van der Waals surface area contributed by atoms with Crippen molar-refractivity contribution in [3.05, 3.63) is 59.1 Å². The lowest BCUT2D eigenvalue weighted by Gasteiger charge is -2.31. The van der Waals surface area contributed by atoms with E-state index in [9.17, 15) is 4.79 Å². The van der Waals surface area contributed by atoms with Gasteiger partial charge in [0.05, 0.1) is 28.8 Å². The van der Waals surface area contributed by atoms with E-state index in [0.29, 0.717) is 0 Å². The van der Waals surface area contributed by atoms with Gasteiger partial charge in [-0.25, -0.2) is 4.98 Å². The van der Waals surface area contributed by atoms with Crippen LogP contribution in [0.4, 0.5) is 0 Å². The third-order valence-corrected chi connectivity index (χ3v) is 9.04. The minimum Gasteiger partial charge on any atom is -0.469 e. The molecule has 2 aliphatic rings. The first kappa shape index (κ1) is 22.8. The molecule has 1 unspecified atom stereocenters. The molecule has 0 radical (unpaired) electrons. The maximum Gasteiger partial charge on any atom is 0.312 e. The lowest BCUT2D eigenvalue weighted by molar-refractivity contribution is -0.146. The summed E-state index contributed by atoms with van der Waals surface area (Å²) in [5, 5.41) is 1.01. The Hall–Kier alpha value is -1.93. The number of ether oxygens (including phenoxy) is 2. The average molecular weight is 483 g/mol. The number of methoxy groups -OCH3 is 1. The molecule has 1 aliphatic heterocycles. The number of piperidine rings is 1. The first-order valence-electron chi connectivity index (χ1n) is 11.6. The van der Waals surface area contributed by atoms with Gasteiger partial charge in [-0.1, -0.05) is 24.3 Å². The van der Waals surface area contributed by atoms with Crippen molar-refractivity contribution in [2.45, 2.75) is 42.8 Å². The highest BCUT2D eigenvalue weighted by Crippen LogP contribution is 2.50. The number of thiazole rings is 1. The van der Waals surface area contributed by atoms with E-state index in [1.54, 1.807) is 23.1 Å². The van der Waals surface area contributed by atoms with Gasteiger partial charge < -0.3 is 14.4 Å². The SMILES string of the molecule is COC(=O)C1(CSc2cccc(C(OC3CCN(C)CC3)c3nc4ccccc4s3)c2)CC1. The van der Waals surface area contributed by atoms with Crippen molar-refractivity contribution in [3.63, 3.8) is 0 Å². The van der Waals surface area contributed by atoms with Crippen LogP contribution in [0.1, 0.15) is 42.4 Å². The fourth-order valence-corrected chi connectivity index (χ4v) is 6.64. The third kappa shape index (κ3) is 5.11. The van der Waals surface area contributed by atoms with Crippen molar-refractivity contribution in [3.8, 4) is 0 Å². The molecule has 33 heavy (non-hydrogen) atoms. The second-order valence-corrected chi connectivity index (χ2v) is 11.3. The molecule has 0 bridgehead atoms. The maximum absolute atomic E-state index is 12.1. The Kier molecular flexibility index (Phi) is 6.74. The Morgan fingerprint density at radius 1 is 1.21 bits per heavy atom. The molecule has 1 aliphatic carbocycles. The summed E-state index contributed by atoms with van der Waals surface area (Å²) >= 11 is 3.45. The topological polar surface area (TPSA) is 51.7 Å². The molecule has 3 aromatic rings. The Labute approximate surface area is 203 Å². The number of rotatable bonds is 8. The summed E-state index contributed by atoms with van der Waals surface area (Å²) in [6.07, 6.45) is 3.94. The van der Waals surface area contributed by atoms with Crippen molar-refractivity contribution < 1.29 is 14.3 Å². The van der Waals surface area contributed by atoms with Gasteiger partial charge in [-0.05, 0) is 62.6 Å². The van der Waals surface area contributed by atoms with Gasteiger partial charge >= 0.3 is 5.97 Å². The van der Waals surface area contributed by atoms with Crippen LogP contribution in [-0.2, 0) is 14.3 Å². The molecule has 1 aromatic heterocycles. The van der Waals surface area contributed by atoms with Crippen LogP contribution in [0.15, 0.2) is 53.4 Å². The van der Waals surface area contributed by atoms with E-state index in [2.05, 4.69) is 54.4 Å². The second-order valence-electron chi connectivity index (χ2n) is 9.17. The Balaban J connectivity index is 1.39. The number of carbonyl (C=O) groups is 1. The van der Waals surface area contributed by atoms with Gasteiger partial charge in [0.1, 0.15) is 11.1 Å². The van der Waals surface area contributed by atoms with Crippen molar-refractivity contribution in [2.75, 3.05) is 33.0 Å². The summed E-state index contributed by atoms with van der Waals surface area (Å²) < 4.78 is 13.0. The highest BCUT2D eigenvalue weighted by atomic mass is 32.2. The van der Waals surface area contributed by atoms with Gasteiger partial charge in [0.15, 0.2) is 0 Å². The minimum absolute atomic E-state index is 0.0795. The molecule has 0 spiro atoms. The molecule has 174 valence electrons. The first-order chi connectivity index (χ1) is 16.1. The van der Waals surface area contributed by atoms with Gasteiger partial charge in [-0.3, -0.25) is 4.79 Å². The number of esters is 1. The van der Waals surface area contributed by atoms with Gasteiger partial charge in [0.2, 0.25) is 0 Å². The zero-order valence-electron chi connectivity index (χ0n) is 19.2. The molecule has 2 fully saturated rings. The number of hydrogen-bond donors (Lipinski definition) is 0. The van der Waals surface area contributed by atoms with Crippen LogP contribution in [0.25, 0.3) is 10.2 Å². The Morgan fingerprint density at radius 3 is 2.73 bits per heavy atom. The van der Waals surface area contributed by atoms with Crippen LogP contribution in [0.3, 0.4) is 0 Å². The van der Waals surface area contributed by atoms with E-state index in [1.165, 1.54) is 11.8 Å². The zero-order chi connectivity index (χ0) is 22.8. The normalized spacial score (nSPS) is 19.5. The van der Waals surface area contributed by atoms with Gasteiger partial charge in [-0.2, -0.15) is 0 Å². The highest BCUT2D eigenvalue weighted by Gasteiger charge is 2.50. The summed E-state index contributed by atoms with van der Waals surface area (Å²) in [7, 11) is 3.65. The van der Waals surface area contributed by atoms with E-state index in [0.717, 1.165) is 65.5 Å². The zero-order valence-corrected chi connectivity index (χ0v) is 20.8. The van der Waals surface area contributed by atoms with Gasteiger partial charge in [0.25, 0.3) is 0 Å². The monoisotopic (exact) mass is 482 g/mol. The number of aromatic nitrogens is 1. The van der Waals surface area contributed by atoms with E-state index >= 15 is 0 Å². The molecule has 2 aromatic carbocycles. The summed E-state index contributed by atoms with van der Waals surface area (Å²) in [5.74, 6) is 0.675. The Bertz CT molecular complexity index is 1090. The average Bonchev–Trinajstić information content (AvgIpc) is 3.52. The van der Waals surface area contributed by atoms with E-state index in [4.69, 9.17) is 14.5 Å². The fourth-order valence-electron chi connectivity index (χ4n) is 4.36. The van der Waals surface area contributed by atoms with E-state index in [-0.39, 0.29) is 23.6 Å². The molecule has 0 amide bonds. The molecule has 2 heterocycles. The first-order valence-corrected chi connectivity index (χ1v) is 13.4. The smallest absolute Gasteiger partial charge is 0.312 e. The van der Waals surface area contributed by atoms with Crippen LogP contribution in [0.2, 0.25) is 0 Å². The summed E-state index contributed by atoms with van der Waals surface area (Å²) in [4.78, 5) is 20.6. The van der Waals surface area contributed by atoms with Gasteiger partial charge in [0, 0.05) is 23.7 Å². The number of hydrogen-bond acceptors (Lipinski definition) is 7. The Morgan fingerprint density at radius 2 is 2.00 bits per heavy atom. The number of likely N-dealkylation sites (tertiary alicyclic amines) is 1. The molecule has 1 saturated carbocycles. The second kappa shape index (κ2) is 9.74. The van der Waals surface area contributed by atoms with Gasteiger partial charge in [-0.15, -0.1) is 23.1 Å². The van der Waals surface area contributed by atoms with Crippen molar-refractivity contribution in [2.24, 2.45) is 5.41 Å². The molecule has 5 nitrogen and oxygen atoms in total. The van der Waals surface area contributed by atoms with Crippen LogP contribution >= 0.6 is 23.1 Å². The summed E-state index contributed by atoms with van der Waals surface area (Å²) in [6, 6.07) is 16.8. The molecule has 1 atom stereocenters. The lowest BCUT2D eigenvalue weighted by Crippen LogP contribution is -2.35. The van der Waals surface area contributed by atoms with E-state index < -0.39 is 0 Å². The minimum atomic E-state index is -0.299. The molecule has 0 N–H and O–H groups in total. The van der Waals surface area contributed by atoms with E-state index in [1.807, 2.05) is 6.07 Å². The number of benzene rings is 2.